The number of hydrogen-bond donors (Lipinski definition) is 1. The number of nitrogens with one attached hydrogen (secondary N) is 1. The van der Waals surface area contributed by atoms with Crippen molar-refractivity contribution in [2.24, 2.45) is 0 Å². The van der Waals surface area contributed by atoms with Crippen LogP contribution in [0.15, 0.2) is 89.5 Å². The van der Waals surface area contributed by atoms with Crippen molar-refractivity contribution in [3.63, 3.8) is 0 Å². The van der Waals surface area contributed by atoms with Gasteiger partial charge in [-0.15, -0.1) is 6.58 Å². The molecule has 1 unspecified atom stereocenters. The van der Waals surface area contributed by atoms with E-state index in [1.165, 1.54) is 19.3 Å². The molecule has 0 saturated heterocycles. The smallest absolute Gasteiger partial charge is 0.248 e. The summed E-state index contributed by atoms with van der Waals surface area (Å²) in [6.07, 6.45) is 4.18. The van der Waals surface area contributed by atoms with E-state index in [2.05, 4.69) is 11.6 Å². The topological polar surface area (TPSA) is 94.7 Å². The van der Waals surface area contributed by atoms with Gasteiger partial charge < -0.3 is 19.2 Å². The number of benzene rings is 2. The predicted molar refractivity (Wildman–Crippen MR) is 135 cm³/mol. The largest absolute Gasteiger partial charge is 0.497 e. The fraction of sp³-hybridized carbons (Fsp3) is 0.179. The van der Waals surface area contributed by atoms with Gasteiger partial charge in [0.2, 0.25) is 11.3 Å². The minimum atomic E-state index is -0.345. The fourth-order valence-electron chi connectivity index (χ4n) is 3.81. The van der Waals surface area contributed by atoms with Crippen LogP contribution in [0.2, 0.25) is 0 Å². The minimum Gasteiger partial charge on any atom is -0.497 e. The number of allylic oxidation sites excluding steroid dienone is 4. The number of hydrogen-bond acceptors (Lipinski definition) is 6. The maximum atomic E-state index is 12.2. The summed E-state index contributed by atoms with van der Waals surface area (Å²) in [6.45, 7) is 5.68. The van der Waals surface area contributed by atoms with E-state index in [0.29, 0.717) is 11.3 Å². The van der Waals surface area contributed by atoms with E-state index in [4.69, 9.17) is 14.2 Å². The van der Waals surface area contributed by atoms with Gasteiger partial charge in [-0.1, -0.05) is 30.3 Å². The summed E-state index contributed by atoms with van der Waals surface area (Å²) in [5.41, 5.74) is 2.88. The maximum Gasteiger partial charge on any atom is 0.248 e. The molecule has 7 heteroatoms. The van der Waals surface area contributed by atoms with E-state index in [9.17, 15) is 14.4 Å². The van der Waals surface area contributed by atoms with Crippen LogP contribution in [0.3, 0.4) is 0 Å². The van der Waals surface area contributed by atoms with E-state index in [1.807, 2.05) is 37.3 Å². The third kappa shape index (κ3) is 5.58. The normalized spacial score (nSPS) is 13.7. The number of carbonyl (C=O) groups is 2. The molecule has 0 bridgehead atoms. The van der Waals surface area contributed by atoms with Crippen LogP contribution in [0, 0.1) is 6.92 Å². The first-order valence-corrected chi connectivity index (χ1v) is 10.8. The third-order valence-electron chi connectivity index (χ3n) is 5.61. The number of pyridine rings is 1. The van der Waals surface area contributed by atoms with Crippen molar-refractivity contribution in [3.05, 3.63) is 106 Å². The molecular weight excluding hydrogens is 446 g/mol. The number of ether oxygens (including phenoxy) is 3. The average Bonchev–Trinajstić information content (AvgIpc) is 2.86. The molecule has 3 aromatic rings. The fourth-order valence-corrected chi connectivity index (χ4v) is 3.81. The van der Waals surface area contributed by atoms with Gasteiger partial charge in [-0.2, -0.15) is 0 Å². The van der Waals surface area contributed by atoms with Gasteiger partial charge in [0, 0.05) is 29.0 Å². The number of carbonyl (C=O) groups excluding carboxylic acids is 2. The standard InChI is InChI=1S/C17H16O4.C11H11NO2/c1-4-13(11-5-7-12(20-2)8-6-11)14-9-16(19)17(21-3)10-15(14)18;1-7-6-10(13)12-11-8(7)4-3-5-9(11)14-2/h4-10,13H,1H2,2-3H3;3-6H,1-2H3,(H,12,13). The highest BCUT2D eigenvalue weighted by atomic mass is 16.5. The molecule has 0 amide bonds. The molecule has 2 aromatic carbocycles. The van der Waals surface area contributed by atoms with Crippen molar-refractivity contribution >= 4 is 22.5 Å². The van der Waals surface area contributed by atoms with E-state index in [0.717, 1.165) is 27.8 Å². The molecule has 1 heterocycles. The summed E-state index contributed by atoms with van der Waals surface area (Å²) in [4.78, 5) is 38.0. The molecule has 1 aromatic heterocycles. The van der Waals surface area contributed by atoms with Gasteiger partial charge in [0.25, 0.3) is 0 Å². The second kappa shape index (κ2) is 11.2. The molecule has 35 heavy (non-hydrogen) atoms. The first-order valence-electron chi connectivity index (χ1n) is 10.8. The highest BCUT2D eigenvalue weighted by molar-refractivity contribution is 6.19. The average molecular weight is 474 g/mol. The SMILES string of the molecule is C=CC(C1=CC(=O)C(OC)=CC1=O)c1ccc(OC)cc1.COc1cccc2c(C)cc(=O)[nH]c12. The molecule has 0 saturated carbocycles. The Kier molecular flexibility index (Phi) is 8.04. The van der Waals surface area contributed by atoms with Crippen molar-refractivity contribution in [1.29, 1.82) is 0 Å². The Morgan fingerprint density at radius 3 is 2.20 bits per heavy atom. The molecule has 4 rings (SSSR count). The molecule has 1 aliphatic rings. The van der Waals surface area contributed by atoms with Gasteiger partial charge in [-0.25, -0.2) is 0 Å². The van der Waals surface area contributed by atoms with Crippen LogP contribution in [0.1, 0.15) is 17.0 Å². The molecule has 1 N–H and O–H groups in total. The van der Waals surface area contributed by atoms with Crippen LogP contribution in [-0.4, -0.2) is 37.9 Å². The van der Waals surface area contributed by atoms with Crippen molar-refractivity contribution < 1.29 is 23.8 Å². The summed E-state index contributed by atoms with van der Waals surface area (Å²) in [6, 6.07) is 14.6. The molecule has 1 aliphatic carbocycles. The zero-order valence-corrected chi connectivity index (χ0v) is 20.1. The van der Waals surface area contributed by atoms with E-state index in [-0.39, 0.29) is 28.8 Å². The predicted octanol–water partition coefficient (Wildman–Crippen LogP) is 4.42. The Morgan fingerprint density at radius 1 is 0.886 bits per heavy atom. The van der Waals surface area contributed by atoms with Gasteiger partial charge in [-0.05, 0) is 42.3 Å². The van der Waals surface area contributed by atoms with Crippen LogP contribution in [0.25, 0.3) is 10.9 Å². The monoisotopic (exact) mass is 473 g/mol. The molecule has 0 spiro atoms. The van der Waals surface area contributed by atoms with Gasteiger partial charge in [0.15, 0.2) is 11.5 Å². The molecule has 7 nitrogen and oxygen atoms in total. The Labute approximate surface area is 203 Å². The van der Waals surface area contributed by atoms with Crippen molar-refractivity contribution in [2.45, 2.75) is 12.8 Å². The summed E-state index contributed by atoms with van der Waals surface area (Å²) >= 11 is 0. The van der Waals surface area contributed by atoms with Gasteiger partial charge in [-0.3, -0.25) is 14.4 Å². The molecule has 1 atom stereocenters. The number of fused-ring (bicyclic) bond motifs is 1. The Balaban J connectivity index is 0.000000211. The number of para-hydroxylation sites is 1. The van der Waals surface area contributed by atoms with E-state index < -0.39 is 0 Å². The van der Waals surface area contributed by atoms with Crippen LogP contribution in [0.4, 0.5) is 0 Å². The lowest BCUT2D eigenvalue weighted by molar-refractivity contribution is -0.117. The van der Waals surface area contributed by atoms with Gasteiger partial charge >= 0.3 is 0 Å². The number of aromatic amines is 1. The van der Waals surface area contributed by atoms with Crippen LogP contribution < -0.4 is 15.0 Å². The minimum absolute atomic E-state index is 0.0568. The summed E-state index contributed by atoms with van der Waals surface area (Å²) in [5, 5.41) is 1.02. The third-order valence-corrected chi connectivity index (χ3v) is 5.61. The Hall–Kier alpha value is -4.39. The number of H-pyrrole nitrogens is 1. The number of methoxy groups -OCH3 is 3. The zero-order chi connectivity index (χ0) is 25.5. The summed E-state index contributed by atoms with van der Waals surface area (Å²) < 4.78 is 15.1. The van der Waals surface area contributed by atoms with Crippen molar-refractivity contribution in [2.75, 3.05) is 21.3 Å². The highest BCUT2D eigenvalue weighted by Crippen LogP contribution is 2.30. The number of rotatable bonds is 6. The molecular formula is C28H27NO6. The lowest BCUT2D eigenvalue weighted by Crippen LogP contribution is -2.18. The quantitative estimate of drug-likeness (QED) is 0.421. The molecule has 0 fully saturated rings. The lowest BCUT2D eigenvalue weighted by atomic mass is 9.85. The molecule has 0 aliphatic heterocycles. The molecule has 0 radical (unpaired) electrons. The van der Waals surface area contributed by atoms with Crippen LogP contribution in [-0.2, 0) is 14.3 Å². The first kappa shape index (κ1) is 25.2. The highest BCUT2D eigenvalue weighted by Gasteiger charge is 2.26. The summed E-state index contributed by atoms with van der Waals surface area (Å²) in [5.74, 6) is 0.578. The van der Waals surface area contributed by atoms with Gasteiger partial charge in [0.1, 0.15) is 11.5 Å². The van der Waals surface area contributed by atoms with Crippen LogP contribution in [0.5, 0.6) is 11.5 Å². The van der Waals surface area contributed by atoms with Crippen LogP contribution >= 0.6 is 0 Å². The summed E-state index contributed by atoms with van der Waals surface area (Å²) in [7, 11) is 4.54. The second-order valence-corrected chi connectivity index (χ2v) is 7.73. The number of aryl methyl sites for hydroxylation is 1. The van der Waals surface area contributed by atoms with Crippen molar-refractivity contribution in [3.8, 4) is 11.5 Å². The number of ketones is 2. The Bertz CT molecular complexity index is 1380. The van der Waals surface area contributed by atoms with Gasteiger partial charge in [0.05, 0.1) is 26.8 Å². The van der Waals surface area contributed by atoms with Crippen molar-refractivity contribution in [1.82, 2.24) is 4.98 Å². The first-order chi connectivity index (χ1) is 16.8. The zero-order valence-electron chi connectivity index (χ0n) is 20.1. The maximum absolute atomic E-state index is 12.2. The molecule has 180 valence electrons. The van der Waals surface area contributed by atoms with E-state index in [1.54, 1.807) is 38.5 Å². The van der Waals surface area contributed by atoms with E-state index >= 15 is 0 Å². The second-order valence-electron chi connectivity index (χ2n) is 7.73. The lowest BCUT2D eigenvalue weighted by Gasteiger charge is -2.18. The Morgan fingerprint density at radius 2 is 1.60 bits per heavy atom. The number of aromatic nitrogens is 1.